The molecule has 0 saturated carbocycles. The summed E-state index contributed by atoms with van der Waals surface area (Å²) in [7, 11) is 4.07. The van der Waals surface area contributed by atoms with Crippen molar-refractivity contribution >= 4 is 11.6 Å². The molecule has 1 saturated heterocycles. The highest BCUT2D eigenvalue weighted by molar-refractivity contribution is 5.94. The predicted molar refractivity (Wildman–Crippen MR) is 111 cm³/mol. The van der Waals surface area contributed by atoms with Gasteiger partial charge in [0.15, 0.2) is 0 Å². The Balaban J connectivity index is 1.87. The summed E-state index contributed by atoms with van der Waals surface area (Å²) in [6.45, 7) is 9.37. The quantitative estimate of drug-likeness (QED) is 0.789. The molecule has 1 aromatic carbocycles. The molecule has 1 aromatic heterocycles. The van der Waals surface area contributed by atoms with Gasteiger partial charge in [-0.2, -0.15) is 0 Å². The van der Waals surface area contributed by atoms with Gasteiger partial charge in [0, 0.05) is 37.6 Å². The molecule has 1 aliphatic heterocycles. The summed E-state index contributed by atoms with van der Waals surface area (Å²) in [5.74, 6) is 0.104. The van der Waals surface area contributed by atoms with Crippen molar-refractivity contribution in [3.8, 4) is 0 Å². The summed E-state index contributed by atoms with van der Waals surface area (Å²) >= 11 is 0. The first-order chi connectivity index (χ1) is 12.7. The van der Waals surface area contributed by atoms with Crippen LogP contribution in [0.5, 0.6) is 0 Å². The number of nitrogens with zero attached hydrogens (tertiary/aromatic N) is 3. The molecule has 0 aliphatic carbocycles. The molecule has 2 heterocycles. The van der Waals surface area contributed by atoms with E-state index >= 15 is 0 Å². The van der Waals surface area contributed by atoms with Crippen molar-refractivity contribution in [3.63, 3.8) is 0 Å². The predicted octanol–water partition coefficient (Wildman–Crippen LogP) is 4.73. The number of amides is 1. The topological polar surface area (TPSA) is 36.4 Å². The van der Waals surface area contributed by atoms with E-state index in [1.54, 1.807) is 0 Å². The molecule has 4 heteroatoms. The number of pyridine rings is 1. The Labute approximate surface area is 163 Å². The van der Waals surface area contributed by atoms with Crippen molar-refractivity contribution < 1.29 is 4.79 Å². The summed E-state index contributed by atoms with van der Waals surface area (Å²) in [5.41, 5.74) is 5.21. The standard InChI is InChI=1S/C23H31N3O/c1-16-14-19(25(5)6)15-20(24-16)21-8-7-13-26(21)22(27)17-9-11-18(12-10-17)23(2,3)4/h9-12,14-15,21H,7-8,13H2,1-6H3. The van der Waals surface area contributed by atoms with Crippen LogP contribution in [-0.4, -0.2) is 36.4 Å². The van der Waals surface area contributed by atoms with Crippen LogP contribution in [0, 0.1) is 6.92 Å². The van der Waals surface area contributed by atoms with Crippen molar-refractivity contribution in [2.24, 2.45) is 0 Å². The van der Waals surface area contributed by atoms with E-state index in [0.717, 1.165) is 42.0 Å². The maximum Gasteiger partial charge on any atom is 0.254 e. The Kier molecular flexibility index (Phi) is 5.27. The molecule has 0 N–H and O–H groups in total. The van der Waals surface area contributed by atoms with Gasteiger partial charge in [-0.25, -0.2) is 0 Å². The average molecular weight is 366 g/mol. The Bertz CT molecular complexity index is 819. The molecule has 1 unspecified atom stereocenters. The van der Waals surface area contributed by atoms with Gasteiger partial charge in [-0.05, 0) is 55.0 Å². The number of likely N-dealkylation sites (tertiary alicyclic amines) is 1. The zero-order valence-corrected chi connectivity index (χ0v) is 17.4. The second-order valence-corrected chi connectivity index (χ2v) is 8.77. The summed E-state index contributed by atoms with van der Waals surface area (Å²) in [4.78, 5) is 22.0. The second-order valence-electron chi connectivity index (χ2n) is 8.77. The van der Waals surface area contributed by atoms with E-state index in [-0.39, 0.29) is 17.4 Å². The minimum atomic E-state index is 0.0541. The Morgan fingerprint density at radius 1 is 1.15 bits per heavy atom. The molecule has 0 radical (unpaired) electrons. The van der Waals surface area contributed by atoms with Gasteiger partial charge in [-0.1, -0.05) is 32.9 Å². The van der Waals surface area contributed by atoms with E-state index in [1.807, 2.05) is 38.1 Å². The number of benzene rings is 1. The van der Waals surface area contributed by atoms with Crippen LogP contribution in [0.4, 0.5) is 5.69 Å². The highest BCUT2D eigenvalue weighted by atomic mass is 16.2. The maximum absolute atomic E-state index is 13.2. The number of anilines is 1. The number of aryl methyl sites for hydroxylation is 1. The molecular formula is C23H31N3O. The van der Waals surface area contributed by atoms with Gasteiger partial charge < -0.3 is 9.80 Å². The van der Waals surface area contributed by atoms with Crippen LogP contribution >= 0.6 is 0 Å². The van der Waals surface area contributed by atoms with Crippen LogP contribution in [-0.2, 0) is 5.41 Å². The Morgan fingerprint density at radius 3 is 2.41 bits per heavy atom. The molecule has 0 bridgehead atoms. The summed E-state index contributed by atoms with van der Waals surface area (Å²) in [6.07, 6.45) is 1.98. The van der Waals surface area contributed by atoms with E-state index in [0.29, 0.717) is 0 Å². The smallest absolute Gasteiger partial charge is 0.254 e. The summed E-state index contributed by atoms with van der Waals surface area (Å²) in [6, 6.07) is 12.3. The minimum absolute atomic E-state index is 0.0541. The van der Waals surface area contributed by atoms with E-state index in [2.05, 4.69) is 49.9 Å². The van der Waals surface area contributed by atoms with Crippen LogP contribution in [0.3, 0.4) is 0 Å². The van der Waals surface area contributed by atoms with Crippen LogP contribution in [0.15, 0.2) is 36.4 Å². The minimum Gasteiger partial charge on any atom is -0.378 e. The number of rotatable bonds is 3. The van der Waals surface area contributed by atoms with Crippen LogP contribution in [0.1, 0.15) is 67.0 Å². The van der Waals surface area contributed by atoms with E-state index < -0.39 is 0 Å². The monoisotopic (exact) mass is 365 g/mol. The Morgan fingerprint density at radius 2 is 1.81 bits per heavy atom. The summed E-state index contributed by atoms with van der Waals surface area (Å²) in [5, 5.41) is 0. The van der Waals surface area contributed by atoms with Crippen LogP contribution < -0.4 is 4.90 Å². The van der Waals surface area contributed by atoms with Crippen molar-refractivity contribution in [1.29, 1.82) is 0 Å². The lowest BCUT2D eigenvalue weighted by molar-refractivity contribution is 0.0732. The Hall–Kier alpha value is -2.36. The van der Waals surface area contributed by atoms with Crippen molar-refractivity contribution in [3.05, 3.63) is 58.9 Å². The lowest BCUT2D eigenvalue weighted by atomic mass is 9.86. The summed E-state index contributed by atoms with van der Waals surface area (Å²) < 4.78 is 0. The molecule has 1 aliphatic rings. The van der Waals surface area contributed by atoms with Gasteiger partial charge in [0.1, 0.15) is 0 Å². The molecule has 1 amide bonds. The maximum atomic E-state index is 13.2. The van der Waals surface area contributed by atoms with Gasteiger partial charge in [-0.15, -0.1) is 0 Å². The van der Waals surface area contributed by atoms with Gasteiger partial charge in [0.2, 0.25) is 0 Å². The third kappa shape index (κ3) is 4.15. The van der Waals surface area contributed by atoms with Crippen molar-refractivity contribution in [2.75, 3.05) is 25.5 Å². The number of hydrogen-bond donors (Lipinski definition) is 0. The number of hydrogen-bond acceptors (Lipinski definition) is 3. The zero-order chi connectivity index (χ0) is 19.8. The SMILES string of the molecule is Cc1cc(N(C)C)cc(C2CCCN2C(=O)c2ccc(C(C)(C)C)cc2)n1. The number of carbonyl (C=O) groups excluding carboxylic acids is 1. The first-order valence-corrected chi connectivity index (χ1v) is 9.74. The van der Waals surface area contributed by atoms with Crippen LogP contribution in [0.2, 0.25) is 0 Å². The molecule has 2 aromatic rings. The van der Waals surface area contributed by atoms with Gasteiger partial charge in [-0.3, -0.25) is 9.78 Å². The highest BCUT2D eigenvalue weighted by Crippen LogP contribution is 2.34. The number of aromatic nitrogens is 1. The van der Waals surface area contributed by atoms with Gasteiger partial charge in [0.05, 0.1) is 11.7 Å². The van der Waals surface area contributed by atoms with Gasteiger partial charge >= 0.3 is 0 Å². The average Bonchev–Trinajstić information content (AvgIpc) is 3.09. The van der Waals surface area contributed by atoms with Gasteiger partial charge in [0.25, 0.3) is 5.91 Å². The van der Waals surface area contributed by atoms with Crippen LogP contribution in [0.25, 0.3) is 0 Å². The molecule has 27 heavy (non-hydrogen) atoms. The number of carbonyl (C=O) groups is 1. The fraction of sp³-hybridized carbons (Fsp3) is 0.478. The largest absolute Gasteiger partial charge is 0.378 e. The fourth-order valence-corrected chi connectivity index (χ4v) is 3.70. The third-order valence-corrected chi connectivity index (χ3v) is 5.33. The normalized spacial score (nSPS) is 17.3. The highest BCUT2D eigenvalue weighted by Gasteiger charge is 2.32. The molecule has 1 fully saturated rings. The van der Waals surface area contributed by atoms with E-state index in [4.69, 9.17) is 4.98 Å². The lowest BCUT2D eigenvalue weighted by Gasteiger charge is -2.26. The van der Waals surface area contributed by atoms with Crippen molar-refractivity contribution in [2.45, 2.75) is 52.0 Å². The molecule has 1 atom stereocenters. The van der Waals surface area contributed by atoms with E-state index in [1.165, 1.54) is 5.56 Å². The van der Waals surface area contributed by atoms with E-state index in [9.17, 15) is 4.79 Å². The lowest BCUT2D eigenvalue weighted by Crippen LogP contribution is -2.31. The molecule has 3 rings (SSSR count). The first-order valence-electron chi connectivity index (χ1n) is 9.74. The second kappa shape index (κ2) is 7.34. The molecule has 144 valence electrons. The molecule has 4 nitrogen and oxygen atoms in total. The fourth-order valence-electron chi connectivity index (χ4n) is 3.70. The molecule has 0 spiro atoms. The first kappa shape index (κ1) is 19.4. The third-order valence-electron chi connectivity index (χ3n) is 5.33. The van der Waals surface area contributed by atoms with Crippen molar-refractivity contribution in [1.82, 2.24) is 9.88 Å². The molecular weight excluding hydrogens is 334 g/mol. The zero-order valence-electron chi connectivity index (χ0n) is 17.4.